The molecule has 1 amide bonds. The van der Waals surface area contributed by atoms with Crippen molar-refractivity contribution in [1.29, 1.82) is 0 Å². The van der Waals surface area contributed by atoms with Crippen molar-refractivity contribution in [3.63, 3.8) is 0 Å². The molecule has 2 rings (SSSR count). The minimum absolute atomic E-state index is 0.277. The van der Waals surface area contributed by atoms with E-state index in [0.29, 0.717) is 0 Å². The van der Waals surface area contributed by atoms with E-state index < -0.39 is 5.54 Å². The van der Waals surface area contributed by atoms with Crippen LogP contribution >= 0.6 is 0 Å². The summed E-state index contributed by atoms with van der Waals surface area (Å²) in [4.78, 5) is 14.0. The van der Waals surface area contributed by atoms with Crippen molar-refractivity contribution in [2.24, 2.45) is 5.73 Å². The summed E-state index contributed by atoms with van der Waals surface area (Å²) < 4.78 is 0. The highest BCUT2D eigenvalue weighted by atomic mass is 16.1. The van der Waals surface area contributed by atoms with Gasteiger partial charge in [0.15, 0.2) is 0 Å². The van der Waals surface area contributed by atoms with E-state index >= 15 is 0 Å². The van der Waals surface area contributed by atoms with Crippen molar-refractivity contribution in [1.82, 2.24) is 5.32 Å². The average Bonchev–Trinajstić information content (AvgIpc) is 2.69. The van der Waals surface area contributed by atoms with E-state index in [2.05, 4.69) is 34.5 Å². The third kappa shape index (κ3) is 3.76. The van der Waals surface area contributed by atoms with Crippen LogP contribution in [0.2, 0.25) is 0 Å². The summed E-state index contributed by atoms with van der Waals surface area (Å²) in [5.41, 5.74) is 7.69. The van der Waals surface area contributed by atoms with Gasteiger partial charge in [-0.25, -0.2) is 0 Å². The molecule has 1 aromatic rings. The van der Waals surface area contributed by atoms with Gasteiger partial charge in [0.1, 0.15) is 0 Å². The lowest BCUT2D eigenvalue weighted by atomic mass is 9.95. The number of carbonyl (C=O) groups excluding carboxylic acids is 1. The lowest BCUT2D eigenvalue weighted by Gasteiger charge is -2.29. The quantitative estimate of drug-likeness (QED) is 0.843. The molecule has 0 aliphatic carbocycles. The fourth-order valence-electron chi connectivity index (χ4n) is 3.00. The Morgan fingerprint density at radius 2 is 2.14 bits per heavy atom. The van der Waals surface area contributed by atoms with Gasteiger partial charge < -0.3 is 16.0 Å². The van der Waals surface area contributed by atoms with E-state index in [4.69, 9.17) is 5.73 Å². The van der Waals surface area contributed by atoms with Gasteiger partial charge in [-0.05, 0) is 57.7 Å². The number of benzene rings is 1. The van der Waals surface area contributed by atoms with E-state index in [-0.39, 0.29) is 5.91 Å². The Labute approximate surface area is 127 Å². The number of para-hydroxylation sites is 1. The molecule has 21 heavy (non-hydrogen) atoms. The number of nitrogens with one attached hydrogen (secondary N) is 1. The van der Waals surface area contributed by atoms with Gasteiger partial charge in [-0.3, -0.25) is 4.79 Å². The summed E-state index contributed by atoms with van der Waals surface area (Å²) in [6.45, 7) is 3.96. The number of amides is 1. The van der Waals surface area contributed by atoms with E-state index in [1.807, 2.05) is 6.92 Å². The predicted molar refractivity (Wildman–Crippen MR) is 87.5 cm³/mol. The molecule has 1 heterocycles. The second-order valence-electron chi connectivity index (χ2n) is 6.12. The number of hydrogen-bond donors (Lipinski definition) is 2. The topological polar surface area (TPSA) is 58.4 Å². The van der Waals surface area contributed by atoms with Crippen LogP contribution in [0.5, 0.6) is 0 Å². The first-order chi connectivity index (χ1) is 10.1. The van der Waals surface area contributed by atoms with Gasteiger partial charge in [-0.2, -0.15) is 0 Å². The second-order valence-corrected chi connectivity index (χ2v) is 6.12. The zero-order valence-corrected chi connectivity index (χ0v) is 13.2. The molecule has 0 aromatic heterocycles. The maximum Gasteiger partial charge on any atom is 0.237 e. The number of likely N-dealkylation sites (N-methyl/N-ethyl adjacent to an activating group) is 1. The minimum Gasteiger partial charge on any atom is -0.371 e. The normalized spacial score (nSPS) is 17.7. The van der Waals surface area contributed by atoms with Crippen LogP contribution in [0.1, 0.15) is 38.2 Å². The average molecular weight is 289 g/mol. The summed E-state index contributed by atoms with van der Waals surface area (Å²) in [5, 5.41) is 3.05. The highest BCUT2D eigenvalue weighted by Gasteiger charge is 2.28. The van der Waals surface area contributed by atoms with Crippen LogP contribution in [0.25, 0.3) is 0 Å². The van der Waals surface area contributed by atoms with E-state index in [0.717, 1.165) is 25.9 Å². The molecule has 1 aliphatic heterocycles. The van der Waals surface area contributed by atoms with Crippen LogP contribution in [-0.2, 0) is 11.2 Å². The first kappa shape index (κ1) is 15.8. The zero-order chi connectivity index (χ0) is 15.3. The van der Waals surface area contributed by atoms with Crippen LogP contribution in [0.15, 0.2) is 24.3 Å². The number of rotatable bonds is 6. The van der Waals surface area contributed by atoms with Crippen LogP contribution in [0.4, 0.5) is 5.69 Å². The van der Waals surface area contributed by atoms with Crippen LogP contribution in [-0.4, -0.2) is 31.6 Å². The molecule has 0 spiro atoms. The van der Waals surface area contributed by atoms with Gasteiger partial charge in [0.25, 0.3) is 0 Å². The van der Waals surface area contributed by atoms with E-state index in [9.17, 15) is 4.79 Å². The van der Waals surface area contributed by atoms with Crippen molar-refractivity contribution >= 4 is 11.6 Å². The van der Waals surface area contributed by atoms with Crippen molar-refractivity contribution in [3.05, 3.63) is 29.8 Å². The van der Waals surface area contributed by atoms with Gasteiger partial charge in [-0.15, -0.1) is 0 Å². The van der Waals surface area contributed by atoms with Crippen molar-refractivity contribution in [2.45, 2.75) is 44.6 Å². The lowest BCUT2D eigenvalue weighted by Crippen LogP contribution is -2.51. The number of aryl methyl sites for hydroxylation is 1. The van der Waals surface area contributed by atoms with Crippen molar-refractivity contribution < 1.29 is 4.79 Å². The van der Waals surface area contributed by atoms with Gasteiger partial charge in [0.05, 0.1) is 5.54 Å². The largest absolute Gasteiger partial charge is 0.371 e. The number of anilines is 1. The van der Waals surface area contributed by atoms with Gasteiger partial charge in [0, 0.05) is 18.8 Å². The minimum atomic E-state index is -0.606. The summed E-state index contributed by atoms with van der Waals surface area (Å²) in [7, 11) is 1.80. The molecule has 0 bridgehead atoms. The standard InChI is InChI=1S/C17H27N3O/c1-17(19-2,16(18)21)11-7-13-20-12-6-5-9-14-8-3-4-10-15(14)20/h3-4,8,10,19H,5-7,9,11-13H2,1-2H3,(H2,18,21). The molecule has 116 valence electrons. The van der Waals surface area contributed by atoms with Crippen molar-refractivity contribution in [3.8, 4) is 0 Å². The van der Waals surface area contributed by atoms with E-state index in [1.165, 1.54) is 30.5 Å². The maximum absolute atomic E-state index is 11.5. The van der Waals surface area contributed by atoms with Crippen LogP contribution in [0.3, 0.4) is 0 Å². The fraction of sp³-hybridized carbons (Fsp3) is 0.588. The highest BCUT2D eigenvalue weighted by Crippen LogP contribution is 2.26. The fourth-order valence-corrected chi connectivity index (χ4v) is 3.00. The number of primary amides is 1. The Morgan fingerprint density at radius 1 is 1.38 bits per heavy atom. The molecule has 1 aromatic carbocycles. The first-order valence-electron chi connectivity index (χ1n) is 7.88. The SMILES string of the molecule is CNC(C)(CCCN1CCCCc2ccccc21)C(N)=O. The number of carbonyl (C=O) groups is 1. The summed E-state index contributed by atoms with van der Waals surface area (Å²) in [6, 6.07) is 8.67. The molecule has 0 saturated heterocycles. The monoisotopic (exact) mass is 289 g/mol. The molecule has 0 saturated carbocycles. The third-order valence-corrected chi connectivity index (χ3v) is 4.66. The molecule has 0 radical (unpaired) electrons. The van der Waals surface area contributed by atoms with Crippen molar-refractivity contribution in [2.75, 3.05) is 25.0 Å². The van der Waals surface area contributed by atoms with Crippen LogP contribution in [0, 0.1) is 0 Å². The Hall–Kier alpha value is -1.55. The van der Waals surface area contributed by atoms with E-state index in [1.54, 1.807) is 7.05 Å². The Kier molecular flexibility index (Phi) is 5.23. The molecule has 4 heteroatoms. The lowest BCUT2D eigenvalue weighted by molar-refractivity contribution is -0.123. The second kappa shape index (κ2) is 6.94. The maximum atomic E-state index is 11.5. The number of nitrogens with two attached hydrogens (primary N) is 1. The molecular weight excluding hydrogens is 262 g/mol. The number of hydrogen-bond acceptors (Lipinski definition) is 3. The summed E-state index contributed by atoms with van der Waals surface area (Å²) >= 11 is 0. The summed E-state index contributed by atoms with van der Waals surface area (Å²) in [6.07, 6.45) is 5.37. The van der Waals surface area contributed by atoms with Gasteiger partial charge in [-0.1, -0.05) is 18.2 Å². The van der Waals surface area contributed by atoms with Gasteiger partial charge >= 0.3 is 0 Å². The molecule has 1 atom stereocenters. The molecule has 0 fully saturated rings. The highest BCUT2D eigenvalue weighted by molar-refractivity contribution is 5.84. The van der Waals surface area contributed by atoms with Gasteiger partial charge in [0.2, 0.25) is 5.91 Å². The molecule has 1 aliphatic rings. The number of nitrogens with zero attached hydrogens (tertiary/aromatic N) is 1. The molecule has 3 N–H and O–H groups in total. The number of fused-ring (bicyclic) bond motifs is 1. The predicted octanol–water partition coefficient (Wildman–Crippen LogP) is 2.07. The Bertz CT molecular complexity index is 489. The Balaban J connectivity index is 1.99. The third-order valence-electron chi connectivity index (χ3n) is 4.66. The molecule has 4 nitrogen and oxygen atoms in total. The summed E-state index contributed by atoms with van der Waals surface area (Å²) in [5.74, 6) is -0.277. The zero-order valence-electron chi connectivity index (χ0n) is 13.2. The Morgan fingerprint density at radius 3 is 2.86 bits per heavy atom. The molecular formula is C17H27N3O. The molecule has 1 unspecified atom stereocenters. The van der Waals surface area contributed by atoms with Crippen LogP contribution < -0.4 is 16.0 Å². The smallest absolute Gasteiger partial charge is 0.237 e. The first-order valence-corrected chi connectivity index (χ1v) is 7.88.